The van der Waals surface area contributed by atoms with Gasteiger partial charge in [0.05, 0.1) is 6.10 Å². The van der Waals surface area contributed by atoms with Gasteiger partial charge in [0.1, 0.15) is 0 Å². The van der Waals surface area contributed by atoms with Crippen LogP contribution in [0, 0.1) is 11.8 Å². The summed E-state index contributed by atoms with van der Waals surface area (Å²) in [5.41, 5.74) is 0. The summed E-state index contributed by atoms with van der Waals surface area (Å²) in [5, 5.41) is 13.3. The molecule has 1 saturated carbocycles. The van der Waals surface area contributed by atoms with Crippen molar-refractivity contribution < 1.29 is 5.11 Å². The second-order valence-corrected chi connectivity index (χ2v) is 5.28. The van der Waals surface area contributed by atoms with E-state index in [0.717, 1.165) is 24.7 Å². The Morgan fingerprint density at radius 2 is 2.00 bits per heavy atom. The van der Waals surface area contributed by atoms with Crippen LogP contribution in [0.2, 0.25) is 0 Å². The molecule has 2 N–H and O–H groups in total. The Morgan fingerprint density at radius 1 is 1.14 bits per heavy atom. The molecule has 82 valence electrons. The van der Waals surface area contributed by atoms with E-state index in [1.807, 2.05) is 0 Å². The lowest BCUT2D eigenvalue weighted by Gasteiger charge is -2.37. The maximum absolute atomic E-state index is 9.63. The molecule has 0 bridgehead atoms. The third-order valence-electron chi connectivity index (χ3n) is 3.96. The van der Waals surface area contributed by atoms with E-state index < -0.39 is 0 Å². The molecule has 2 nitrogen and oxygen atoms in total. The first-order chi connectivity index (χ1) is 6.75. The van der Waals surface area contributed by atoms with Crippen LogP contribution in [-0.2, 0) is 0 Å². The molecule has 4 atom stereocenters. The van der Waals surface area contributed by atoms with Crippen molar-refractivity contribution in [3.63, 3.8) is 0 Å². The van der Waals surface area contributed by atoms with Crippen LogP contribution in [0.4, 0.5) is 0 Å². The van der Waals surface area contributed by atoms with E-state index in [0.29, 0.717) is 6.04 Å². The van der Waals surface area contributed by atoms with Crippen molar-refractivity contribution in [2.45, 2.75) is 57.6 Å². The van der Waals surface area contributed by atoms with Crippen LogP contribution < -0.4 is 5.32 Å². The van der Waals surface area contributed by atoms with Gasteiger partial charge < -0.3 is 10.4 Å². The molecular formula is C12H23NO. The van der Waals surface area contributed by atoms with Gasteiger partial charge in [-0.25, -0.2) is 0 Å². The topological polar surface area (TPSA) is 32.3 Å². The Labute approximate surface area is 87.1 Å². The average molecular weight is 197 g/mol. The van der Waals surface area contributed by atoms with Gasteiger partial charge >= 0.3 is 0 Å². The van der Waals surface area contributed by atoms with Gasteiger partial charge in [0, 0.05) is 6.04 Å². The molecule has 14 heavy (non-hydrogen) atoms. The van der Waals surface area contributed by atoms with Crippen LogP contribution in [0.15, 0.2) is 0 Å². The molecule has 1 aliphatic heterocycles. The largest absolute Gasteiger partial charge is 0.393 e. The monoisotopic (exact) mass is 197 g/mol. The summed E-state index contributed by atoms with van der Waals surface area (Å²) in [4.78, 5) is 0. The molecular weight excluding hydrogens is 174 g/mol. The van der Waals surface area contributed by atoms with Gasteiger partial charge in [-0.2, -0.15) is 0 Å². The first kappa shape index (κ1) is 10.4. The zero-order valence-electron chi connectivity index (χ0n) is 9.21. The van der Waals surface area contributed by atoms with E-state index in [9.17, 15) is 5.11 Å². The minimum Gasteiger partial charge on any atom is -0.393 e. The highest BCUT2D eigenvalue weighted by Crippen LogP contribution is 2.30. The fourth-order valence-electron chi connectivity index (χ4n) is 2.99. The van der Waals surface area contributed by atoms with E-state index in [-0.39, 0.29) is 6.10 Å². The van der Waals surface area contributed by atoms with Crippen LogP contribution in [0.25, 0.3) is 0 Å². The summed E-state index contributed by atoms with van der Waals surface area (Å²) in [6.07, 6.45) is 7.27. The molecule has 0 aromatic rings. The Bertz CT molecular complexity index is 175. The zero-order valence-corrected chi connectivity index (χ0v) is 9.21. The maximum Gasteiger partial charge on any atom is 0.0543 e. The first-order valence-corrected chi connectivity index (χ1v) is 6.17. The highest BCUT2D eigenvalue weighted by atomic mass is 16.3. The lowest BCUT2D eigenvalue weighted by molar-refractivity contribution is 0.0793. The van der Waals surface area contributed by atoms with Crippen molar-refractivity contribution in [3.8, 4) is 0 Å². The van der Waals surface area contributed by atoms with Crippen molar-refractivity contribution in [3.05, 3.63) is 0 Å². The van der Waals surface area contributed by atoms with Crippen LogP contribution in [0.5, 0.6) is 0 Å². The summed E-state index contributed by atoms with van der Waals surface area (Å²) in [7, 11) is 0. The van der Waals surface area contributed by atoms with E-state index >= 15 is 0 Å². The van der Waals surface area contributed by atoms with Crippen molar-refractivity contribution in [1.82, 2.24) is 5.32 Å². The summed E-state index contributed by atoms with van der Waals surface area (Å²) < 4.78 is 0. The Kier molecular flexibility index (Phi) is 3.45. The molecule has 1 heterocycles. The van der Waals surface area contributed by atoms with Crippen molar-refractivity contribution >= 4 is 0 Å². The predicted octanol–water partition coefficient (Wildman–Crippen LogP) is 1.93. The van der Waals surface area contributed by atoms with Gasteiger partial charge in [-0.05, 0) is 50.5 Å². The molecule has 0 amide bonds. The number of piperidine rings is 1. The van der Waals surface area contributed by atoms with Gasteiger partial charge in [0.25, 0.3) is 0 Å². The van der Waals surface area contributed by atoms with Crippen LogP contribution in [-0.4, -0.2) is 23.8 Å². The smallest absolute Gasteiger partial charge is 0.0543 e. The van der Waals surface area contributed by atoms with Gasteiger partial charge in [0.2, 0.25) is 0 Å². The SMILES string of the molecule is CC1CCC(C2CCCC(O)C2)NC1. The second-order valence-electron chi connectivity index (χ2n) is 5.28. The van der Waals surface area contributed by atoms with Gasteiger partial charge in [-0.1, -0.05) is 13.3 Å². The molecule has 0 aromatic heterocycles. The zero-order chi connectivity index (χ0) is 9.97. The van der Waals surface area contributed by atoms with E-state index in [2.05, 4.69) is 12.2 Å². The number of hydrogen-bond donors (Lipinski definition) is 2. The molecule has 2 aliphatic rings. The minimum absolute atomic E-state index is 0.0186. The van der Waals surface area contributed by atoms with E-state index in [1.54, 1.807) is 0 Å². The molecule has 1 aliphatic carbocycles. The van der Waals surface area contributed by atoms with Crippen LogP contribution in [0.1, 0.15) is 45.4 Å². The van der Waals surface area contributed by atoms with Crippen molar-refractivity contribution in [1.29, 1.82) is 0 Å². The minimum atomic E-state index is -0.0186. The molecule has 4 unspecified atom stereocenters. The second kappa shape index (κ2) is 4.63. The van der Waals surface area contributed by atoms with Crippen molar-refractivity contribution in [2.24, 2.45) is 11.8 Å². The Morgan fingerprint density at radius 3 is 2.64 bits per heavy atom. The molecule has 1 saturated heterocycles. The number of aliphatic hydroxyl groups is 1. The maximum atomic E-state index is 9.63. The lowest BCUT2D eigenvalue weighted by Crippen LogP contribution is -2.44. The normalized spacial score (nSPS) is 45.0. The fourth-order valence-corrected chi connectivity index (χ4v) is 2.99. The third kappa shape index (κ3) is 2.48. The van der Waals surface area contributed by atoms with Gasteiger partial charge in [-0.15, -0.1) is 0 Å². The van der Waals surface area contributed by atoms with Gasteiger partial charge in [-0.3, -0.25) is 0 Å². The molecule has 2 fully saturated rings. The number of hydrogen-bond acceptors (Lipinski definition) is 2. The molecule has 0 aromatic carbocycles. The van der Waals surface area contributed by atoms with Crippen LogP contribution >= 0.6 is 0 Å². The molecule has 2 heteroatoms. The quantitative estimate of drug-likeness (QED) is 0.673. The van der Waals surface area contributed by atoms with E-state index in [1.165, 1.54) is 32.2 Å². The number of aliphatic hydroxyl groups excluding tert-OH is 1. The summed E-state index contributed by atoms with van der Waals surface area (Å²) in [6.45, 7) is 3.50. The third-order valence-corrected chi connectivity index (χ3v) is 3.96. The number of nitrogens with one attached hydrogen (secondary N) is 1. The first-order valence-electron chi connectivity index (χ1n) is 6.17. The number of rotatable bonds is 1. The molecule has 0 radical (unpaired) electrons. The molecule has 0 spiro atoms. The molecule has 2 rings (SSSR count). The van der Waals surface area contributed by atoms with E-state index in [4.69, 9.17) is 0 Å². The predicted molar refractivity (Wildman–Crippen MR) is 58.2 cm³/mol. The van der Waals surface area contributed by atoms with Crippen molar-refractivity contribution in [2.75, 3.05) is 6.54 Å². The highest BCUT2D eigenvalue weighted by molar-refractivity contribution is 4.85. The summed E-state index contributed by atoms with van der Waals surface area (Å²) in [6, 6.07) is 0.696. The Balaban J connectivity index is 1.82. The fraction of sp³-hybridized carbons (Fsp3) is 1.00. The summed E-state index contributed by atoms with van der Waals surface area (Å²) in [5.74, 6) is 1.59. The van der Waals surface area contributed by atoms with Crippen LogP contribution in [0.3, 0.4) is 0 Å². The highest BCUT2D eigenvalue weighted by Gasteiger charge is 2.29. The van der Waals surface area contributed by atoms with Gasteiger partial charge in [0.15, 0.2) is 0 Å². The Hall–Kier alpha value is -0.0800. The lowest BCUT2D eigenvalue weighted by atomic mass is 9.78. The summed E-state index contributed by atoms with van der Waals surface area (Å²) >= 11 is 0. The standard InChI is InChI=1S/C12H23NO/c1-9-5-6-12(13-8-9)10-3-2-4-11(14)7-10/h9-14H,2-8H2,1H3. The average Bonchev–Trinajstić information content (AvgIpc) is 2.19.